The van der Waals surface area contributed by atoms with E-state index in [1.807, 2.05) is 29.2 Å². The Hall–Kier alpha value is -4.05. The fourth-order valence-electron chi connectivity index (χ4n) is 3.84. The monoisotopic (exact) mass is 430 g/mol. The van der Waals surface area contributed by atoms with Gasteiger partial charge in [-0.3, -0.25) is 4.57 Å². The van der Waals surface area contributed by atoms with E-state index in [0.717, 1.165) is 16.9 Å². The van der Waals surface area contributed by atoms with E-state index in [1.54, 1.807) is 23.0 Å². The zero-order valence-electron chi connectivity index (χ0n) is 16.9. The first-order valence-corrected chi connectivity index (χ1v) is 10.3. The van der Waals surface area contributed by atoms with Crippen LogP contribution in [-0.4, -0.2) is 53.8 Å². The standard InChI is InChI=1S/C22H19FN8O/c23-13-4-3-5-14(8-13)31-12-25-19-20(28-22(29-21(19)31)30-10-15(32)11-30)24-9-18-26-16-6-1-2-7-17(16)27-18/h1-8,12,15,32H,9-11H2,(H,26,27)(H,24,28,29). The first kappa shape index (κ1) is 18.7. The number of fused-ring (bicyclic) bond motifs is 2. The van der Waals surface area contributed by atoms with Gasteiger partial charge < -0.3 is 20.3 Å². The molecule has 4 heterocycles. The number of aliphatic hydroxyl groups is 1. The summed E-state index contributed by atoms with van der Waals surface area (Å²) in [5.74, 6) is 1.45. The summed E-state index contributed by atoms with van der Waals surface area (Å²) in [4.78, 5) is 23.6. The molecule has 160 valence electrons. The van der Waals surface area contributed by atoms with Crippen molar-refractivity contribution < 1.29 is 9.50 Å². The summed E-state index contributed by atoms with van der Waals surface area (Å²) in [6.07, 6.45) is 1.21. The Morgan fingerprint density at radius 1 is 1.09 bits per heavy atom. The minimum Gasteiger partial charge on any atom is -0.389 e. The molecule has 0 atom stereocenters. The van der Waals surface area contributed by atoms with Crippen molar-refractivity contribution in [3.63, 3.8) is 0 Å². The summed E-state index contributed by atoms with van der Waals surface area (Å²) < 4.78 is 15.6. The lowest BCUT2D eigenvalue weighted by atomic mass is 10.2. The molecule has 3 aromatic heterocycles. The molecule has 3 N–H and O–H groups in total. The highest BCUT2D eigenvalue weighted by molar-refractivity contribution is 5.85. The third kappa shape index (κ3) is 3.21. The van der Waals surface area contributed by atoms with E-state index in [4.69, 9.17) is 0 Å². The Bertz CT molecular complexity index is 1410. The van der Waals surface area contributed by atoms with E-state index < -0.39 is 6.10 Å². The second-order valence-corrected chi connectivity index (χ2v) is 7.75. The number of anilines is 2. The van der Waals surface area contributed by atoms with Gasteiger partial charge in [0.15, 0.2) is 17.0 Å². The molecule has 2 aromatic carbocycles. The zero-order chi connectivity index (χ0) is 21.7. The largest absolute Gasteiger partial charge is 0.389 e. The van der Waals surface area contributed by atoms with Crippen LogP contribution in [0, 0.1) is 5.82 Å². The molecule has 5 aromatic rings. The van der Waals surface area contributed by atoms with Crippen LogP contribution in [0.15, 0.2) is 54.9 Å². The van der Waals surface area contributed by atoms with Gasteiger partial charge in [-0.15, -0.1) is 0 Å². The van der Waals surface area contributed by atoms with E-state index in [9.17, 15) is 9.50 Å². The number of H-pyrrole nitrogens is 1. The molecule has 6 rings (SSSR count). The molecule has 0 radical (unpaired) electrons. The highest BCUT2D eigenvalue weighted by Gasteiger charge is 2.28. The van der Waals surface area contributed by atoms with E-state index in [-0.39, 0.29) is 5.82 Å². The second kappa shape index (κ2) is 7.27. The van der Waals surface area contributed by atoms with Crippen molar-refractivity contribution in [2.45, 2.75) is 12.6 Å². The van der Waals surface area contributed by atoms with E-state index in [1.165, 1.54) is 12.1 Å². The van der Waals surface area contributed by atoms with Crippen LogP contribution in [0.1, 0.15) is 5.82 Å². The van der Waals surface area contributed by atoms with Gasteiger partial charge in [0.1, 0.15) is 18.0 Å². The average Bonchev–Trinajstić information content (AvgIpc) is 3.39. The van der Waals surface area contributed by atoms with Gasteiger partial charge in [0.2, 0.25) is 5.95 Å². The van der Waals surface area contributed by atoms with Crippen molar-refractivity contribution >= 4 is 34.0 Å². The Labute approximate surface area is 181 Å². The van der Waals surface area contributed by atoms with Crippen LogP contribution in [0.5, 0.6) is 0 Å². The van der Waals surface area contributed by atoms with Crippen LogP contribution in [0.3, 0.4) is 0 Å². The fourth-order valence-corrected chi connectivity index (χ4v) is 3.84. The van der Waals surface area contributed by atoms with Gasteiger partial charge in [0.05, 0.1) is 29.4 Å². The van der Waals surface area contributed by atoms with Gasteiger partial charge in [-0.2, -0.15) is 9.97 Å². The molecule has 1 fully saturated rings. The lowest BCUT2D eigenvalue weighted by molar-refractivity contribution is 0.140. The average molecular weight is 430 g/mol. The number of β-amino-alcohol motifs (C(OH)–C–C–N with tert-alkyl or cyclic N) is 1. The molecule has 0 amide bonds. The molecule has 0 aliphatic carbocycles. The van der Waals surface area contributed by atoms with Crippen molar-refractivity contribution in [1.29, 1.82) is 0 Å². The molecular weight excluding hydrogens is 411 g/mol. The van der Waals surface area contributed by atoms with Crippen LogP contribution in [0.2, 0.25) is 0 Å². The topological polar surface area (TPSA) is 108 Å². The molecule has 1 saturated heterocycles. The predicted molar refractivity (Wildman–Crippen MR) is 118 cm³/mol. The first-order valence-electron chi connectivity index (χ1n) is 10.3. The van der Waals surface area contributed by atoms with Gasteiger partial charge in [-0.1, -0.05) is 18.2 Å². The molecule has 9 nitrogen and oxygen atoms in total. The lowest BCUT2D eigenvalue weighted by Gasteiger charge is -2.35. The Balaban J connectivity index is 1.40. The van der Waals surface area contributed by atoms with Crippen LogP contribution >= 0.6 is 0 Å². The number of aromatic amines is 1. The molecule has 0 bridgehead atoms. The van der Waals surface area contributed by atoms with Gasteiger partial charge in [-0.25, -0.2) is 14.4 Å². The summed E-state index contributed by atoms with van der Waals surface area (Å²) in [7, 11) is 0. The Morgan fingerprint density at radius 2 is 1.97 bits per heavy atom. The smallest absolute Gasteiger partial charge is 0.229 e. The van der Waals surface area contributed by atoms with Crippen molar-refractivity contribution in [2.24, 2.45) is 0 Å². The maximum absolute atomic E-state index is 13.8. The molecule has 10 heteroatoms. The van der Waals surface area contributed by atoms with E-state index >= 15 is 0 Å². The van der Waals surface area contributed by atoms with Gasteiger partial charge in [-0.05, 0) is 30.3 Å². The normalized spacial score (nSPS) is 14.2. The SMILES string of the molecule is OC1CN(c2nc(NCc3nc4ccccc4[nH]3)c3ncn(-c4cccc(F)c4)c3n2)C1. The quantitative estimate of drug-likeness (QED) is 0.393. The maximum Gasteiger partial charge on any atom is 0.229 e. The molecule has 0 unspecified atom stereocenters. The number of para-hydroxylation sites is 2. The predicted octanol–water partition coefficient (Wildman–Crippen LogP) is 2.62. The number of nitrogens with one attached hydrogen (secondary N) is 2. The number of nitrogens with zero attached hydrogens (tertiary/aromatic N) is 6. The van der Waals surface area contributed by atoms with Crippen molar-refractivity contribution in [1.82, 2.24) is 29.5 Å². The van der Waals surface area contributed by atoms with Gasteiger partial charge in [0, 0.05) is 13.1 Å². The van der Waals surface area contributed by atoms with Crippen molar-refractivity contribution in [3.8, 4) is 5.69 Å². The molecule has 1 aliphatic heterocycles. The third-order valence-corrected chi connectivity index (χ3v) is 5.48. The number of imidazole rings is 2. The minimum atomic E-state index is -0.394. The number of aromatic nitrogens is 6. The number of benzene rings is 2. The maximum atomic E-state index is 13.8. The van der Waals surface area contributed by atoms with Gasteiger partial charge in [0.25, 0.3) is 0 Å². The molecule has 0 saturated carbocycles. The summed E-state index contributed by atoms with van der Waals surface area (Å²) in [6, 6.07) is 14.1. The lowest BCUT2D eigenvalue weighted by Crippen LogP contribution is -2.51. The van der Waals surface area contributed by atoms with Crippen molar-refractivity contribution in [2.75, 3.05) is 23.3 Å². The fraction of sp³-hybridized carbons (Fsp3) is 0.182. The molecule has 32 heavy (non-hydrogen) atoms. The zero-order valence-corrected chi connectivity index (χ0v) is 16.9. The number of halogens is 1. The number of aliphatic hydroxyl groups excluding tert-OH is 1. The first-order chi connectivity index (χ1) is 15.6. The number of hydrogen-bond donors (Lipinski definition) is 3. The highest BCUT2D eigenvalue weighted by atomic mass is 19.1. The molecule has 1 aliphatic rings. The summed E-state index contributed by atoms with van der Waals surface area (Å²) >= 11 is 0. The third-order valence-electron chi connectivity index (χ3n) is 5.48. The van der Waals surface area contributed by atoms with Crippen LogP contribution in [0.25, 0.3) is 27.9 Å². The number of rotatable bonds is 5. The summed E-state index contributed by atoms with van der Waals surface area (Å²) in [6.45, 7) is 1.33. The second-order valence-electron chi connectivity index (χ2n) is 7.75. The Morgan fingerprint density at radius 3 is 2.78 bits per heavy atom. The van der Waals surface area contributed by atoms with E-state index in [0.29, 0.717) is 48.3 Å². The van der Waals surface area contributed by atoms with Gasteiger partial charge >= 0.3 is 0 Å². The molecular formula is C22H19FN8O. The van der Waals surface area contributed by atoms with E-state index in [2.05, 4.69) is 30.2 Å². The van der Waals surface area contributed by atoms with Crippen LogP contribution < -0.4 is 10.2 Å². The summed E-state index contributed by atoms with van der Waals surface area (Å²) in [5.41, 5.74) is 3.58. The molecule has 0 spiro atoms. The van der Waals surface area contributed by atoms with Crippen molar-refractivity contribution in [3.05, 3.63) is 66.5 Å². The summed E-state index contributed by atoms with van der Waals surface area (Å²) in [5, 5.41) is 13.0. The Kier molecular flexibility index (Phi) is 4.25. The number of hydrogen-bond acceptors (Lipinski definition) is 7. The highest BCUT2D eigenvalue weighted by Crippen LogP contribution is 2.27. The van der Waals surface area contributed by atoms with Crippen LogP contribution in [-0.2, 0) is 6.54 Å². The minimum absolute atomic E-state index is 0.340. The van der Waals surface area contributed by atoms with Crippen LogP contribution in [0.4, 0.5) is 16.2 Å².